The summed E-state index contributed by atoms with van der Waals surface area (Å²) in [4.78, 5) is 3.31. The van der Waals surface area contributed by atoms with Gasteiger partial charge >= 0.3 is 0 Å². The highest BCUT2D eigenvalue weighted by Gasteiger charge is 2.03. The smallest absolute Gasteiger partial charge is 0.0459 e. The van der Waals surface area contributed by atoms with Gasteiger partial charge in [0.15, 0.2) is 0 Å². The van der Waals surface area contributed by atoms with E-state index in [1.165, 1.54) is 16.5 Å². The van der Waals surface area contributed by atoms with Gasteiger partial charge in [0.2, 0.25) is 0 Å². The van der Waals surface area contributed by atoms with Gasteiger partial charge in [-0.25, -0.2) is 0 Å². The Bertz CT molecular complexity index is 427. The van der Waals surface area contributed by atoms with Crippen molar-refractivity contribution in [1.29, 1.82) is 0 Å². The van der Waals surface area contributed by atoms with Gasteiger partial charge in [-0.15, -0.1) is 0 Å². The minimum atomic E-state index is 0.0766. The van der Waals surface area contributed by atoms with Crippen LogP contribution in [-0.2, 0) is 0 Å². The number of aryl methyl sites for hydroxylation is 1. The molecule has 1 unspecified atom stereocenters. The molecule has 2 heteroatoms. The lowest BCUT2D eigenvalue weighted by Crippen LogP contribution is -2.04. The average molecular weight is 174 g/mol. The molecule has 2 aromatic rings. The zero-order chi connectivity index (χ0) is 9.42. The third kappa shape index (κ3) is 1.45. The normalized spacial score (nSPS) is 13.5. The van der Waals surface area contributed by atoms with Crippen LogP contribution in [0.15, 0.2) is 24.3 Å². The fourth-order valence-electron chi connectivity index (χ4n) is 1.51. The number of hydrogen-bond acceptors (Lipinski definition) is 1. The summed E-state index contributed by atoms with van der Waals surface area (Å²) < 4.78 is 0. The van der Waals surface area contributed by atoms with Gasteiger partial charge in [0, 0.05) is 17.3 Å². The van der Waals surface area contributed by atoms with Crippen LogP contribution in [0.3, 0.4) is 0 Å². The second kappa shape index (κ2) is 2.89. The standard InChI is InChI=1S/C11H14N2/c1-7-3-4-9-6-10(8(2)12)13-11(9)5-7/h3-6,8,13H,12H2,1-2H3. The van der Waals surface area contributed by atoms with Crippen LogP contribution < -0.4 is 5.73 Å². The predicted octanol–water partition coefficient (Wildman–Crippen LogP) is 2.50. The molecule has 1 heterocycles. The molecule has 68 valence electrons. The molecule has 0 aliphatic rings. The maximum Gasteiger partial charge on any atom is 0.0459 e. The Morgan fingerprint density at radius 1 is 1.31 bits per heavy atom. The molecule has 1 aromatic carbocycles. The number of rotatable bonds is 1. The Balaban J connectivity index is 2.62. The Labute approximate surface area is 77.8 Å². The summed E-state index contributed by atoms with van der Waals surface area (Å²) in [5.41, 5.74) is 9.32. The van der Waals surface area contributed by atoms with Crippen LogP contribution in [0, 0.1) is 6.92 Å². The largest absolute Gasteiger partial charge is 0.357 e. The van der Waals surface area contributed by atoms with Gasteiger partial charge in [0.25, 0.3) is 0 Å². The summed E-state index contributed by atoms with van der Waals surface area (Å²) in [6.07, 6.45) is 0. The lowest BCUT2D eigenvalue weighted by Gasteiger charge is -1.98. The van der Waals surface area contributed by atoms with Crippen molar-refractivity contribution in [1.82, 2.24) is 4.98 Å². The van der Waals surface area contributed by atoms with E-state index >= 15 is 0 Å². The fraction of sp³-hybridized carbons (Fsp3) is 0.273. The number of nitrogens with two attached hydrogens (primary N) is 1. The zero-order valence-electron chi connectivity index (χ0n) is 7.96. The van der Waals surface area contributed by atoms with Crippen molar-refractivity contribution in [2.45, 2.75) is 19.9 Å². The van der Waals surface area contributed by atoms with Gasteiger partial charge in [-0.3, -0.25) is 0 Å². The van der Waals surface area contributed by atoms with Crippen LogP contribution in [0.1, 0.15) is 24.2 Å². The third-order valence-electron chi connectivity index (χ3n) is 2.29. The number of nitrogens with one attached hydrogen (secondary N) is 1. The topological polar surface area (TPSA) is 41.8 Å². The summed E-state index contributed by atoms with van der Waals surface area (Å²) in [6.45, 7) is 4.07. The Hall–Kier alpha value is -1.28. The van der Waals surface area contributed by atoms with Crippen molar-refractivity contribution in [3.05, 3.63) is 35.5 Å². The monoisotopic (exact) mass is 174 g/mol. The number of benzene rings is 1. The van der Waals surface area contributed by atoms with E-state index in [-0.39, 0.29) is 6.04 Å². The first-order valence-corrected chi connectivity index (χ1v) is 4.51. The summed E-state index contributed by atoms with van der Waals surface area (Å²) in [6, 6.07) is 8.56. The van der Waals surface area contributed by atoms with Gasteiger partial charge in [0.05, 0.1) is 0 Å². The maximum atomic E-state index is 5.78. The summed E-state index contributed by atoms with van der Waals surface area (Å²) in [7, 11) is 0. The van der Waals surface area contributed by atoms with Gasteiger partial charge in [-0.1, -0.05) is 12.1 Å². The first kappa shape index (κ1) is 8.32. The maximum absolute atomic E-state index is 5.78. The van der Waals surface area contributed by atoms with E-state index in [1.807, 2.05) is 6.92 Å². The molecule has 1 atom stereocenters. The molecule has 0 amide bonds. The van der Waals surface area contributed by atoms with Crippen molar-refractivity contribution >= 4 is 10.9 Å². The van der Waals surface area contributed by atoms with Crippen molar-refractivity contribution < 1.29 is 0 Å². The second-order valence-corrected chi connectivity index (χ2v) is 3.60. The molecule has 0 fully saturated rings. The molecular formula is C11H14N2. The highest BCUT2D eigenvalue weighted by molar-refractivity contribution is 5.81. The van der Waals surface area contributed by atoms with E-state index < -0.39 is 0 Å². The Morgan fingerprint density at radius 3 is 2.77 bits per heavy atom. The molecule has 1 aromatic heterocycles. The van der Waals surface area contributed by atoms with Gasteiger partial charge in [-0.05, 0) is 36.9 Å². The van der Waals surface area contributed by atoms with E-state index in [0.717, 1.165) is 5.69 Å². The van der Waals surface area contributed by atoms with Crippen molar-refractivity contribution in [3.63, 3.8) is 0 Å². The van der Waals surface area contributed by atoms with Crippen molar-refractivity contribution in [2.24, 2.45) is 5.73 Å². The minimum Gasteiger partial charge on any atom is -0.357 e. The lowest BCUT2D eigenvalue weighted by atomic mass is 10.2. The first-order chi connectivity index (χ1) is 6.16. The highest BCUT2D eigenvalue weighted by atomic mass is 14.8. The van der Waals surface area contributed by atoms with Gasteiger partial charge in [0.1, 0.15) is 0 Å². The van der Waals surface area contributed by atoms with Crippen LogP contribution in [0.2, 0.25) is 0 Å². The van der Waals surface area contributed by atoms with Crippen LogP contribution >= 0.6 is 0 Å². The highest BCUT2D eigenvalue weighted by Crippen LogP contribution is 2.19. The van der Waals surface area contributed by atoms with E-state index in [4.69, 9.17) is 5.73 Å². The summed E-state index contributed by atoms with van der Waals surface area (Å²) in [5.74, 6) is 0. The molecule has 3 N–H and O–H groups in total. The van der Waals surface area contributed by atoms with Crippen LogP contribution in [0.25, 0.3) is 10.9 Å². The molecule has 2 rings (SSSR count). The lowest BCUT2D eigenvalue weighted by molar-refractivity contribution is 0.792. The van der Waals surface area contributed by atoms with Crippen molar-refractivity contribution in [2.75, 3.05) is 0 Å². The van der Waals surface area contributed by atoms with Crippen LogP contribution in [0.5, 0.6) is 0 Å². The predicted molar refractivity (Wildman–Crippen MR) is 55.6 cm³/mol. The Kier molecular flexibility index (Phi) is 1.85. The van der Waals surface area contributed by atoms with E-state index in [2.05, 4.69) is 36.2 Å². The number of aromatic nitrogens is 1. The summed E-state index contributed by atoms with van der Waals surface area (Å²) in [5, 5.41) is 1.23. The molecule has 0 radical (unpaired) electrons. The minimum absolute atomic E-state index is 0.0766. The molecule has 0 saturated carbocycles. The molecular weight excluding hydrogens is 160 g/mol. The van der Waals surface area contributed by atoms with Crippen molar-refractivity contribution in [3.8, 4) is 0 Å². The zero-order valence-corrected chi connectivity index (χ0v) is 7.96. The molecule has 13 heavy (non-hydrogen) atoms. The molecule has 0 saturated heterocycles. The average Bonchev–Trinajstić information content (AvgIpc) is 2.46. The quantitative estimate of drug-likeness (QED) is 0.685. The van der Waals surface area contributed by atoms with Gasteiger partial charge in [-0.2, -0.15) is 0 Å². The van der Waals surface area contributed by atoms with Crippen LogP contribution in [-0.4, -0.2) is 4.98 Å². The first-order valence-electron chi connectivity index (χ1n) is 4.51. The summed E-state index contributed by atoms with van der Waals surface area (Å²) >= 11 is 0. The van der Waals surface area contributed by atoms with E-state index in [9.17, 15) is 0 Å². The van der Waals surface area contributed by atoms with E-state index in [1.54, 1.807) is 0 Å². The molecule has 0 aliphatic heterocycles. The molecule has 0 bridgehead atoms. The third-order valence-corrected chi connectivity index (χ3v) is 2.29. The van der Waals surface area contributed by atoms with E-state index in [0.29, 0.717) is 0 Å². The Morgan fingerprint density at radius 2 is 2.08 bits per heavy atom. The molecule has 2 nitrogen and oxygen atoms in total. The molecule has 0 spiro atoms. The second-order valence-electron chi connectivity index (χ2n) is 3.60. The number of aromatic amines is 1. The van der Waals surface area contributed by atoms with Gasteiger partial charge < -0.3 is 10.7 Å². The number of fused-ring (bicyclic) bond motifs is 1. The number of H-pyrrole nitrogens is 1. The fourth-order valence-corrected chi connectivity index (χ4v) is 1.51. The van der Waals surface area contributed by atoms with Crippen LogP contribution in [0.4, 0.5) is 0 Å². The number of hydrogen-bond donors (Lipinski definition) is 2. The SMILES string of the molecule is Cc1ccc2cc(C(C)N)[nH]c2c1. The molecule has 0 aliphatic carbocycles.